The second-order valence-corrected chi connectivity index (χ2v) is 6.37. The number of aliphatic carboxylic acids is 1. The molecule has 0 aromatic heterocycles. The molecular weight excluding hydrogens is 270 g/mol. The Morgan fingerprint density at radius 2 is 1.76 bits per heavy atom. The number of alkyl carbamates (subject to hydrolysis) is 1. The Hall–Kier alpha value is -2.04. The molecule has 0 spiro atoms. The third-order valence-corrected chi connectivity index (χ3v) is 3.50. The molecular formula is C16H21NO4. The number of rotatable bonds is 2. The van der Waals surface area contributed by atoms with E-state index in [0.717, 1.165) is 11.1 Å². The van der Waals surface area contributed by atoms with Crippen molar-refractivity contribution in [3.8, 4) is 0 Å². The van der Waals surface area contributed by atoms with Gasteiger partial charge >= 0.3 is 12.1 Å². The Labute approximate surface area is 124 Å². The summed E-state index contributed by atoms with van der Waals surface area (Å²) in [6, 6.07) is 7.28. The fraction of sp³-hybridized carbons (Fsp3) is 0.500. The number of benzene rings is 1. The normalized spacial score (nSPS) is 21.3. The van der Waals surface area contributed by atoms with Crippen molar-refractivity contribution < 1.29 is 19.4 Å². The van der Waals surface area contributed by atoms with Crippen molar-refractivity contribution in [1.82, 2.24) is 5.32 Å². The summed E-state index contributed by atoms with van der Waals surface area (Å²) < 4.78 is 5.21. The third-order valence-electron chi connectivity index (χ3n) is 3.50. The summed E-state index contributed by atoms with van der Waals surface area (Å²) in [6.45, 7) is 5.33. The Balaban J connectivity index is 2.14. The minimum absolute atomic E-state index is 0.423. The molecule has 5 heteroatoms. The lowest BCUT2D eigenvalue weighted by molar-refractivity contribution is -0.142. The van der Waals surface area contributed by atoms with E-state index in [4.69, 9.17) is 4.74 Å². The highest BCUT2D eigenvalue weighted by Gasteiger charge is 2.35. The number of fused-ring (bicyclic) bond motifs is 1. The number of carbonyl (C=O) groups excluding carboxylic acids is 1. The molecule has 0 saturated carbocycles. The van der Waals surface area contributed by atoms with Crippen LogP contribution in [0, 0.1) is 5.92 Å². The van der Waals surface area contributed by atoms with Crippen molar-refractivity contribution in [3.63, 3.8) is 0 Å². The van der Waals surface area contributed by atoms with Crippen LogP contribution in [0.1, 0.15) is 31.9 Å². The van der Waals surface area contributed by atoms with E-state index < -0.39 is 29.6 Å². The quantitative estimate of drug-likeness (QED) is 0.877. The van der Waals surface area contributed by atoms with E-state index in [1.165, 1.54) is 0 Å². The fourth-order valence-corrected chi connectivity index (χ4v) is 2.58. The lowest BCUT2D eigenvalue weighted by Crippen LogP contribution is -2.49. The van der Waals surface area contributed by atoms with Gasteiger partial charge in [-0.1, -0.05) is 24.3 Å². The summed E-state index contributed by atoms with van der Waals surface area (Å²) in [4.78, 5) is 23.3. The number of carboxylic acid groups (broad SMARTS) is 1. The number of nitrogens with one attached hydrogen (secondary N) is 1. The standard InChI is InChI=1S/C16H21NO4/c1-16(2,3)21-15(20)17-13-9-11-7-5-4-6-10(11)8-12(13)14(18)19/h4-7,12-13H,8-9H2,1-3H3,(H,17,20)(H,18,19)/t12-,13+/m0/s1. The lowest BCUT2D eigenvalue weighted by atomic mass is 9.80. The van der Waals surface area contributed by atoms with Crippen LogP contribution in [-0.2, 0) is 22.4 Å². The van der Waals surface area contributed by atoms with E-state index in [1.54, 1.807) is 20.8 Å². The summed E-state index contributed by atoms with van der Waals surface area (Å²) in [7, 11) is 0. The molecule has 2 rings (SSSR count). The van der Waals surface area contributed by atoms with Crippen molar-refractivity contribution in [2.24, 2.45) is 5.92 Å². The van der Waals surface area contributed by atoms with Crippen molar-refractivity contribution in [2.75, 3.05) is 0 Å². The van der Waals surface area contributed by atoms with E-state index in [0.29, 0.717) is 12.8 Å². The van der Waals surface area contributed by atoms with Crippen LogP contribution in [0.2, 0.25) is 0 Å². The number of carbonyl (C=O) groups is 2. The monoisotopic (exact) mass is 291 g/mol. The van der Waals surface area contributed by atoms with E-state index in [2.05, 4.69) is 5.32 Å². The predicted octanol–water partition coefficient (Wildman–Crippen LogP) is 2.38. The molecule has 2 N–H and O–H groups in total. The average molecular weight is 291 g/mol. The van der Waals surface area contributed by atoms with Gasteiger partial charge in [0.1, 0.15) is 5.60 Å². The van der Waals surface area contributed by atoms with Crippen LogP contribution in [0.25, 0.3) is 0 Å². The van der Waals surface area contributed by atoms with Crippen molar-refractivity contribution >= 4 is 12.1 Å². The van der Waals surface area contributed by atoms with Gasteiger partial charge in [-0.05, 0) is 44.7 Å². The number of hydrogen-bond donors (Lipinski definition) is 2. The van der Waals surface area contributed by atoms with E-state index in [9.17, 15) is 14.7 Å². The zero-order chi connectivity index (χ0) is 15.6. The molecule has 0 fully saturated rings. The highest BCUT2D eigenvalue weighted by molar-refractivity contribution is 5.74. The van der Waals surface area contributed by atoms with Crippen molar-refractivity contribution in [2.45, 2.75) is 45.3 Å². The maximum absolute atomic E-state index is 11.9. The maximum Gasteiger partial charge on any atom is 0.407 e. The lowest BCUT2D eigenvalue weighted by Gasteiger charge is -2.31. The van der Waals surface area contributed by atoms with Gasteiger partial charge in [0, 0.05) is 6.04 Å². The fourth-order valence-electron chi connectivity index (χ4n) is 2.58. The Morgan fingerprint density at radius 1 is 1.19 bits per heavy atom. The Morgan fingerprint density at radius 3 is 2.29 bits per heavy atom. The van der Waals surface area contributed by atoms with Gasteiger partial charge in [0.05, 0.1) is 5.92 Å². The maximum atomic E-state index is 11.9. The second kappa shape index (κ2) is 5.76. The molecule has 0 heterocycles. The molecule has 0 radical (unpaired) electrons. The van der Waals surface area contributed by atoms with Gasteiger partial charge in [0.2, 0.25) is 0 Å². The molecule has 0 saturated heterocycles. The molecule has 21 heavy (non-hydrogen) atoms. The van der Waals surface area contributed by atoms with Gasteiger partial charge in [-0.3, -0.25) is 4.79 Å². The van der Waals surface area contributed by atoms with Crippen LogP contribution in [0.4, 0.5) is 4.79 Å². The van der Waals surface area contributed by atoms with Crippen molar-refractivity contribution in [1.29, 1.82) is 0 Å². The molecule has 1 amide bonds. The number of amides is 1. The van der Waals surface area contributed by atoms with Crippen molar-refractivity contribution in [3.05, 3.63) is 35.4 Å². The Bertz CT molecular complexity index is 547. The molecule has 1 aromatic carbocycles. The van der Waals surface area contributed by atoms with E-state index in [1.807, 2.05) is 24.3 Å². The van der Waals surface area contributed by atoms with Gasteiger partial charge in [-0.15, -0.1) is 0 Å². The molecule has 0 bridgehead atoms. The first-order chi connectivity index (χ1) is 9.76. The first kappa shape index (κ1) is 15.4. The topological polar surface area (TPSA) is 75.6 Å². The first-order valence-corrected chi connectivity index (χ1v) is 7.05. The smallest absolute Gasteiger partial charge is 0.407 e. The number of ether oxygens (including phenoxy) is 1. The SMILES string of the molecule is CC(C)(C)OC(=O)N[C@@H]1Cc2ccccc2C[C@@H]1C(=O)O. The minimum Gasteiger partial charge on any atom is -0.481 e. The zero-order valence-electron chi connectivity index (χ0n) is 12.6. The van der Waals surface area contributed by atoms with Gasteiger partial charge in [-0.25, -0.2) is 4.79 Å². The summed E-state index contributed by atoms with van der Waals surface area (Å²) in [6.07, 6.45) is 0.358. The van der Waals surface area contributed by atoms with Gasteiger partial charge < -0.3 is 15.2 Å². The summed E-state index contributed by atoms with van der Waals surface area (Å²) >= 11 is 0. The first-order valence-electron chi connectivity index (χ1n) is 7.05. The second-order valence-electron chi connectivity index (χ2n) is 6.37. The zero-order valence-corrected chi connectivity index (χ0v) is 12.6. The van der Waals surface area contributed by atoms with E-state index >= 15 is 0 Å². The van der Waals surface area contributed by atoms with Crippen LogP contribution in [0.15, 0.2) is 24.3 Å². The predicted molar refractivity (Wildman–Crippen MR) is 78.1 cm³/mol. The summed E-state index contributed by atoms with van der Waals surface area (Å²) in [5, 5.41) is 12.1. The molecule has 0 aliphatic heterocycles. The molecule has 5 nitrogen and oxygen atoms in total. The summed E-state index contributed by atoms with van der Waals surface area (Å²) in [5.74, 6) is -1.53. The highest BCUT2D eigenvalue weighted by Crippen LogP contribution is 2.26. The molecule has 1 aliphatic carbocycles. The van der Waals surface area contributed by atoms with Gasteiger partial charge in [-0.2, -0.15) is 0 Å². The number of hydrogen-bond acceptors (Lipinski definition) is 3. The molecule has 114 valence electrons. The minimum atomic E-state index is -0.898. The summed E-state index contributed by atoms with van der Waals surface area (Å²) in [5.41, 5.74) is 1.51. The van der Waals surface area contributed by atoms with Crippen LogP contribution >= 0.6 is 0 Å². The van der Waals surface area contributed by atoms with Crippen LogP contribution < -0.4 is 5.32 Å². The molecule has 0 unspecified atom stereocenters. The largest absolute Gasteiger partial charge is 0.481 e. The highest BCUT2D eigenvalue weighted by atomic mass is 16.6. The third kappa shape index (κ3) is 3.97. The Kier molecular flexibility index (Phi) is 4.21. The van der Waals surface area contributed by atoms with E-state index in [-0.39, 0.29) is 0 Å². The van der Waals surface area contributed by atoms with Crippen LogP contribution in [-0.4, -0.2) is 28.8 Å². The average Bonchev–Trinajstić information content (AvgIpc) is 2.35. The van der Waals surface area contributed by atoms with Gasteiger partial charge in [0.15, 0.2) is 0 Å². The van der Waals surface area contributed by atoms with Gasteiger partial charge in [0.25, 0.3) is 0 Å². The molecule has 2 atom stereocenters. The number of carboxylic acids is 1. The van der Waals surface area contributed by atoms with Crippen LogP contribution in [0.3, 0.4) is 0 Å². The molecule has 1 aliphatic rings. The van der Waals surface area contributed by atoms with Crippen LogP contribution in [0.5, 0.6) is 0 Å². The molecule has 1 aromatic rings.